The summed E-state index contributed by atoms with van der Waals surface area (Å²) < 4.78 is 34.9. The van der Waals surface area contributed by atoms with Gasteiger partial charge < -0.3 is 19.9 Å². The second-order valence-electron chi connectivity index (χ2n) is 7.63. The van der Waals surface area contributed by atoms with Gasteiger partial charge in [0.25, 0.3) is 0 Å². The summed E-state index contributed by atoms with van der Waals surface area (Å²) in [6.07, 6.45) is 1.16. The van der Waals surface area contributed by atoms with Gasteiger partial charge in [-0.2, -0.15) is 0 Å². The molecule has 1 N–H and O–H groups in total. The highest BCUT2D eigenvalue weighted by Crippen LogP contribution is 2.49. The number of fused-ring (bicyclic) bond motifs is 3. The van der Waals surface area contributed by atoms with E-state index in [0.29, 0.717) is 30.8 Å². The molecule has 0 radical (unpaired) electrons. The number of piperidine rings is 1. The van der Waals surface area contributed by atoms with Crippen molar-refractivity contribution in [3.8, 4) is 5.75 Å². The van der Waals surface area contributed by atoms with Crippen molar-refractivity contribution in [1.82, 2.24) is 4.90 Å². The van der Waals surface area contributed by atoms with Crippen LogP contribution in [0.15, 0.2) is 42.5 Å². The van der Waals surface area contributed by atoms with E-state index in [1.54, 1.807) is 0 Å². The lowest BCUT2D eigenvalue weighted by Gasteiger charge is -2.39. The summed E-state index contributed by atoms with van der Waals surface area (Å²) >= 11 is 0. The van der Waals surface area contributed by atoms with Crippen LogP contribution in [0.3, 0.4) is 0 Å². The van der Waals surface area contributed by atoms with Crippen LogP contribution in [-0.2, 0) is 4.79 Å². The number of carbonyl (C=O) groups is 1. The predicted molar refractivity (Wildman–Crippen MR) is 107 cm³/mol. The van der Waals surface area contributed by atoms with E-state index in [1.165, 1.54) is 29.8 Å². The third-order valence-electron chi connectivity index (χ3n) is 5.94. The fraction of sp³-hybridized carbons (Fsp3) is 0.409. The molecule has 2 atom stereocenters. The van der Waals surface area contributed by atoms with Crippen LogP contribution >= 0.6 is 0 Å². The fourth-order valence-electron chi connectivity index (χ4n) is 4.72. The van der Waals surface area contributed by atoms with Crippen LogP contribution in [0.5, 0.6) is 5.75 Å². The van der Waals surface area contributed by atoms with E-state index in [1.807, 2.05) is 12.1 Å². The summed E-state index contributed by atoms with van der Waals surface area (Å²) in [5, 5.41) is 2.98. The molecular weight excluding hydrogens is 357 g/mol. The fourth-order valence-corrected chi connectivity index (χ4v) is 4.72. The minimum atomic E-state index is -1.83. The standard InChI is InChI=1S/C22H24FN3O2/c23-15-5-7-16(8-6-15)28-12-2-10-25-11-9-20-18(13-25)17-3-1-4-19-22(17)26(20)14-21(27)24-19/h1,3-8,18,20H,2,9-14H2,(H,24,27)/t18-,20-/m0/s1/i12D2. The number of ether oxygens (including phenoxy) is 1. The Morgan fingerprint density at radius 1 is 1.25 bits per heavy atom. The molecule has 3 aliphatic rings. The highest BCUT2D eigenvalue weighted by molar-refractivity contribution is 6.03. The van der Waals surface area contributed by atoms with E-state index in [9.17, 15) is 9.18 Å². The van der Waals surface area contributed by atoms with E-state index in [2.05, 4.69) is 21.2 Å². The number of nitrogens with zero attached hydrogens (tertiary/aromatic N) is 2. The third-order valence-corrected chi connectivity index (χ3v) is 5.94. The van der Waals surface area contributed by atoms with Gasteiger partial charge in [0.05, 0.1) is 27.2 Å². The molecule has 0 saturated carbocycles. The molecule has 0 bridgehead atoms. The number of nitrogens with one attached hydrogen (secondary N) is 1. The Labute approximate surface area is 166 Å². The van der Waals surface area contributed by atoms with Crippen LogP contribution < -0.4 is 15.0 Å². The molecule has 3 heterocycles. The highest BCUT2D eigenvalue weighted by Gasteiger charge is 2.44. The smallest absolute Gasteiger partial charge is 0.243 e. The van der Waals surface area contributed by atoms with Crippen molar-refractivity contribution in [3.63, 3.8) is 0 Å². The summed E-state index contributed by atoms with van der Waals surface area (Å²) in [7, 11) is 0. The first-order chi connectivity index (χ1) is 14.4. The number of hydrogen-bond acceptors (Lipinski definition) is 4. The molecule has 2 aromatic carbocycles. The SMILES string of the molecule is [2H]C([2H])(CCN1CC[C@H]2[C@@H](C1)c1cccc3c1N2CC(=O)N3)Oc1ccc(F)cc1. The second-order valence-corrected chi connectivity index (χ2v) is 7.63. The maximum Gasteiger partial charge on any atom is 0.243 e. The van der Waals surface area contributed by atoms with Crippen molar-refractivity contribution in [2.24, 2.45) is 0 Å². The number of rotatable bonds is 5. The Morgan fingerprint density at radius 2 is 2.11 bits per heavy atom. The van der Waals surface area contributed by atoms with Gasteiger partial charge >= 0.3 is 0 Å². The van der Waals surface area contributed by atoms with Gasteiger partial charge in [0, 0.05) is 31.6 Å². The van der Waals surface area contributed by atoms with E-state index >= 15 is 0 Å². The van der Waals surface area contributed by atoms with Crippen LogP contribution in [0, 0.1) is 5.82 Å². The van der Waals surface area contributed by atoms with Crippen molar-refractivity contribution in [3.05, 3.63) is 53.8 Å². The van der Waals surface area contributed by atoms with Crippen LogP contribution in [0.4, 0.5) is 15.8 Å². The Kier molecular flexibility index (Phi) is 3.89. The summed E-state index contributed by atoms with van der Waals surface area (Å²) in [5.41, 5.74) is 3.32. The molecule has 5 rings (SSSR count). The van der Waals surface area contributed by atoms with Gasteiger partial charge in [-0.05, 0) is 48.7 Å². The normalized spacial score (nSPS) is 24.8. The molecule has 6 heteroatoms. The van der Waals surface area contributed by atoms with Gasteiger partial charge in [-0.25, -0.2) is 4.39 Å². The van der Waals surface area contributed by atoms with Crippen LogP contribution in [0.1, 0.15) is 27.1 Å². The molecule has 2 aromatic rings. The number of para-hydroxylation sites is 1. The van der Waals surface area contributed by atoms with Crippen LogP contribution in [0.2, 0.25) is 0 Å². The van der Waals surface area contributed by atoms with Gasteiger partial charge in [-0.15, -0.1) is 0 Å². The minimum absolute atomic E-state index is 0.0360. The molecule has 1 amide bonds. The van der Waals surface area contributed by atoms with E-state index in [-0.39, 0.29) is 18.1 Å². The Bertz CT molecular complexity index is 969. The molecule has 1 saturated heterocycles. The third kappa shape index (κ3) is 3.11. The van der Waals surface area contributed by atoms with Crippen molar-refractivity contribution < 1.29 is 16.7 Å². The average molecular weight is 383 g/mol. The quantitative estimate of drug-likeness (QED) is 0.861. The summed E-state index contributed by atoms with van der Waals surface area (Å²) in [5.74, 6) is 0.295. The summed E-state index contributed by atoms with van der Waals surface area (Å²) in [4.78, 5) is 16.6. The lowest BCUT2D eigenvalue weighted by molar-refractivity contribution is -0.115. The number of anilines is 2. The van der Waals surface area contributed by atoms with Crippen molar-refractivity contribution >= 4 is 17.3 Å². The molecule has 0 aromatic heterocycles. The monoisotopic (exact) mass is 383 g/mol. The minimum Gasteiger partial charge on any atom is -0.494 e. The zero-order valence-electron chi connectivity index (χ0n) is 17.5. The zero-order chi connectivity index (χ0) is 20.9. The van der Waals surface area contributed by atoms with E-state index in [0.717, 1.165) is 30.9 Å². The molecule has 1 fully saturated rings. The van der Waals surface area contributed by atoms with Gasteiger partial charge in [0.15, 0.2) is 0 Å². The van der Waals surface area contributed by atoms with Crippen LogP contribution in [0.25, 0.3) is 0 Å². The first kappa shape index (κ1) is 15.3. The number of amides is 1. The van der Waals surface area contributed by atoms with Gasteiger partial charge in [0.1, 0.15) is 11.6 Å². The van der Waals surface area contributed by atoms with Crippen LogP contribution in [-0.4, -0.2) is 49.6 Å². The van der Waals surface area contributed by atoms with Gasteiger partial charge in [-0.3, -0.25) is 4.79 Å². The number of carbonyl (C=O) groups excluding carboxylic acids is 1. The lowest BCUT2D eigenvalue weighted by Crippen LogP contribution is -2.49. The maximum atomic E-state index is 13.0. The molecular formula is C22H24FN3O2. The molecule has 0 unspecified atom stereocenters. The number of likely N-dealkylation sites (tertiary alicyclic amines) is 1. The molecule has 146 valence electrons. The summed E-state index contributed by atoms with van der Waals surface area (Å²) in [6, 6.07) is 11.8. The van der Waals surface area contributed by atoms with E-state index < -0.39 is 6.56 Å². The molecule has 0 aliphatic carbocycles. The predicted octanol–water partition coefficient (Wildman–Crippen LogP) is 3.22. The summed E-state index contributed by atoms with van der Waals surface area (Å²) in [6.45, 7) is 0.831. The number of benzene rings is 2. The van der Waals surface area contributed by atoms with E-state index in [4.69, 9.17) is 7.48 Å². The molecule has 0 spiro atoms. The zero-order valence-corrected chi connectivity index (χ0v) is 15.5. The largest absolute Gasteiger partial charge is 0.494 e. The Balaban J connectivity index is 1.25. The lowest BCUT2D eigenvalue weighted by atomic mass is 9.89. The average Bonchev–Trinajstić information content (AvgIpc) is 3.03. The van der Waals surface area contributed by atoms with Gasteiger partial charge in [0.2, 0.25) is 5.91 Å². The van der Waals surface area contributed by atoms with Crippen molar-refractivity contribution in [2.75, 3.05) is 43.0 Å². The topological polar surface area (TPSA) is 44.8 Å². The second kappa shape index (κ2) is 7.09. The highest BCUT2D eigenvalue weighted by atomic mass is 19.1. The Morgan fingerprint density at radius 3 is 2.96 bits per heavy atom. The maximum absolute atomic E-state index is 13.0. The number of halogens is 1. The van der Waals surface area contributed by atoms with Crippen molar-refractivity contribution in [2.45, 2.75) is 24.8 Å². The first-order valence-corrected chi connectivity index (χ1v) is 9.76. The first-order valence-electron chi connectivity index (χ1n) is 10.8. The molecule has 5 nitrogen and oxygen atoms in total. The Hall–Kier alpha value is -2.60. The molecule has 3 aliphatic heterocycles. The molecule has 28 heavy (non-hydrogen) atoms. The van der Waals surface area contributed by atoms with Gasteiger partial charge in [-0.1, -0.05) is 12.1 Å². The van der Waals surface area contributed by atoms with Crippen molar-refractivity contribution in [1.29, 1.82) is 0 Å². The number of hydrogen-bond donors (Lipinski definition) is 1.